The van der Waals surface area contributed by atoms with Crippen LogP contribution in [0.4, 0.5) is 10.5 Å². The zero-order chi connectivity index (χ0) is 17.3. The Morgan fingerprint density at radius 1 is 1.08 bits per heavy atom. The number of hydrogen-bond donors (Lipinski definition) is 1. The smallest absolute Gasteiger partial charge is 0.326 e. The first-order valence-corrected chi connectivity index (χ1v) is 8.41. The fraction of sp³-hybridized carbons (Fsp3) is 0.158. The van der Waals surface area contributed by atoms with Crippen molar-refractivity contribution >= 4 is 33.4 Å². The Bertz CT molecular complexity index is 813. The predicted octanol–water partition coefficient (Wildman–Crippen LogP) is 4.58. The molecule has 2 aromatic carbocycles. The number of halogens is 1. The van der Waals surface area contributed by atoms with E-state index in [-0.39, 0.29) is 11.8 Å². The van der Waals surface area contributed by atoms with Gasteiger partial charge in [-0.3, -0.25) is 9.69 Å². The van der Waals surface area contributed by atoms with Gasteiger partial charge in [-0.25, -0.2) is 4.79 Å². The number of allylic oxidation sites excluding steroid dienone is 1. The third-order valence-corrected chi connectivity index (χ3v) is 4.61. The van der Waals surface area contributed by atoms with Gasteiger partial charge in [0.2, 0.25) is 0 Å². The number of nitrogens with one attached hydrogen (secondary N) is 1. The van der Waals surface area contributed by atoms with Crippen LogP contribution in [-0.2, 0) is 4.79 Å². The third kappa shape index (κ3) is 2.99. The zero-order valence-electron chi connectivity index (χ0n) is 13.4. The van der Waals surface area contributed by atoms with Crippen LogP contribution in [0.3, 0.4) is 0 Å². The molecule has 0 fully saturated rings. The molecule has 5 heteroatoms. The molecule has 1 aliphatic rings. The lowest BCUT2D eigenvalue weighted by molar-refractivity contribution is -0.114. The Balaban J connectivity index is 2.11. The molecule has 0 aromatic heterocycles. The summed E-state index contributed by atoms with van der Waals surface area (Å²) in [7, 11) is 0. The maximum Gasteiger partial charge on any atom is 0.326 e. The van der Waals surface area contributed by atoms with Gasteiger partial charge in [-0.15, -0.1) is 0 Å². The number of amides is 2. The summed E-state index contributed by atoms with van der Waals surface area (Å²) in [6.45, 7) is 3.35. The molecular formula is C19H17BrN2O2. The molecule has 0 bridgehead atoms. The minimum absolute atomic E-state index is 0.0543. The topological polar surface area (TPSA) is 49.4 Å². The van der Waals surface area contributed by atoms with Gasteiger partial charge >= 0.3 is 6.03 Å². The normalized spacial score (nSPS) is 17.7. The molecule has 2 amide bonds. The summed E-state index contributed by atoms with van der Waals surface area (Å²) in [4.78, 5) is 26.5. The summed E-state index contributed by atoms with van der Waals surface area (Å²) in [6.07, 6.45) is 0. The van der Waals surface area contributed by atoms with Crippen molar-refractivity contribution in [3.63, 3.8) is 0 Å². The van der Waals surface area contributed by atoms with Crippen LogP contribution in [0, 0.1) is 0 Å². The van der Waals surface area contributed by atoms with Gasteiger partial charge < -0.3 is 5.32 Å². The van der Waals surface area contributed by atoms with Crippen LogP contribution < -0.4 is 10.2 Å². The predicted molar refractivity (Wildman–Crippen MR) is 97.7 cm³/mol. The van der Waals surface area contributed by atoms with Gasteiger partial charge in [-0.1, -0.05) is 46.3 Å². The van der Waals surface area contributed by atoms with Crippen LogP contribution in [-0.4, -0.2) is 11.8 Å². The SMILES string of the molecule is CC(=O)C1=C(C)N(c2ccccc2)C(=O)N[C@H]1c1ccc(Br)cc1. The zero-order valence-corrected chi connectivity index (χ0v) is 15.0. The molecule has 0 spiro atoms. The molecular weight excluding hydrogens is 368 g/mol. The molecule has 0 saturated heterocycles. The van der Waals surface area contributed by atoms with Gasteiger partial charge in [-0.05, 0) is 43.7 Å². The number of Topliss-reactive ketones (excluding diaryl/α,β-unsaturated/α-hetero) is 1. The highest BCUT2D eigenvalue weighted by Crippen LogP contribution is 2.34. The highest BCUT2D eigenvalue weighted by atomic mass is 79.9. The third-order valence-electron chi connectivity index (χ3n) is 4.08. The Morgan fingerprint density at radius 2 is 1.71 bits per heavy atom. The summed E-state index contributed by atoms with van der Waals surface area (Å²) >= 11 is 3.40. The van der Waals surface area contributed by atoms with Crippen molar-refractivity contribution in [2.45, 2.75) is 19.9 Å². The van der Waals surface area contributed by atoms with Crippen molar-refractivity contribution in [3.8, 4) is 0 Å². The summed E-state index contributed by atoms with van der Waals surface area (Å²) in [6, 6.07) is 16.2. The second-order valence-corrected chi connectivity index (χ2v) is 6.58. The first-order chi connectivity index (χ1) is 11.5. The van der Waals surface area contributed by atoms with E-state index < -0.39 is 6.04 Å². The molecule has 4 nitrogen and oxygen atoms in total. The lowest BCUT2D eigenvalue weighted by atomic mass is 9.92. The fourth-order valence-electron chi connectivity index (χ4n) is 2.99. The number of carbonyl (C=O) groups excluding carboxylic acids is 2. The molecule has 1 heterocycles. The van der Waals surface area contributed by atoms with Crippen molar-refractivity contribution in [3.05, 3.63) is 75.9 Å². The molecule has 2 aromatic rings. The van der Waals surface area contributed by atoms with E-state index in [0.29, 0.717) is 11.3 Å². The average molecular weight is 385 g/mol. The number of para-hydroxylation sites is 1. The van der Waals surface area contributed by atoms with Gasteiger partial charge in [0.05, 0.1) is 11.7 Å². The molecule has 0 saturated carbocycles. The minimum atomic E-state index is -0.442. The molecule has 1 atom stereocenters. The number of ketones is 1. The van der Waals surface area contributed by atoms with E-state index in [1.807, 2.05) is 61.5 Å². The number of anilines is 1. The summed E-state index contributed by atoms with van der Waals surface area (Å²) < 4.78 is 0.948. The number of rotatable bonds is 3. The van der Waals surface area contributed by atoms with Gasteiger partial charge in [-0.2, -0.15) is 0 Å². The second-order valence-electron chi connectivity index (χ2n) is 5.66. The standard InChI is InChI=1S/C19H17BrN2O2/c1-12-17(13(2)23)18(14-8-10-15(20)11-9-14)21-19(24)22(12)16-6-4-3-5-7-16/h3-11,18H,1-2H3,(H,21,24)/t18-/m0/s1. The van der Waals surface area contributed by atoms with Gasteiger partial charge in [0.1, 0.15) is 0 Å². The molecule has 122 valence electrons. The molecule has 1 N–H and O–H groups in total. The van der Waals surface area contributed by atoms with Gasteiger partial charge in [0.15, 0.2) is 5.78 Å². The van der Waals surface area contributed by atoms with E-state index in [9.17, 15) is 9.59 Å². The van der Waals surface area contributed by atoms with Crippen LogP contribution in [0.2, 0.25) is 0 Å². The van der Waals surface area contributed by atoms with Crippen molar-refractivity contribution in [2.75, 3.05) is 4.90 Å². The number of urea groups is 1. The summed E-state index contributed by atoms with van der Waals surface area (Å²) in [5, 5.41) is 2.96. The van der Waals surface area contributed by atoms with Crippen LogP contribution in [0.1, 0.15) is 25.5 Å². The highest BCUT2D eigenvalue weighted by molar-refractivity contribution is 9.10. The first-order valence-electron chi connectivity index (χ1n) is 7.62. The van der Waals surface area contributed by atoms with E-state index in [4.69, 9.17) is 0 Å². The van der Waals surface area contributed by atoms with E-state index in [1.54, 1.807) is 4.90 Å². The summed E-state index contributed by atoms with van der Waals surface area (Å²) in [5.41, 5.74) is 2.87. The largest absolute Gasteiger partial charge is 0.326 e. The molecule has 3 rings (SSSR count). The Labute approximate surface area is 149 Å². The number of carbonyl (C=O) groups is 2. The van der Waals surface area contributed by atoms with Crippen molar-refractivity contribution in [2.24, 2.45) is 0 Å². The number of benzene rings is 2. The Kier molecular flexibility index (Phi) is 4.53. The van der Waals surface area contributed by atoms with E-state index in [0.717, 1.165) is 15.7 Å². The lowest BCUT2D eigenvalue weighted by Crippen LogP contribution is -2.47. The lowest BCUT2D eigenvalue weighted by Gasteiger charge is -2.35. The maximum absolute atomic E-state index is 12.7. The Morgan fingerprint density at radius 3 is 2.29 bits per heavy atom. The number of nitrogens with zero attached hydrogens (tertiary/aromatic N) is 1. The molecule has 0 aliphatic carbocycles. The van der Waals surface area contributed by atoms with Crippen LogP contribution in [0.5, 0.6) is 0 Å². The van der Waals surface area contributed by atoms with E-state index in [2.05, 4.69) is 21.2 Å². The van der Waals surface area contributed by atoms with E-state index >= 15 is 0 Å². The second kappa shape index (κ2) is 6.61. The van der Waals surface area contributed by atoms with E-state index in [1.165, 1.54) is 6.92 Å². The highest BCUT2D eigenvalue weighted by Gasteiger charge is 2.34. The van der Waals surface area contributed by atoms with Crippen LogP contribution >= 0.6 is 15.9 Å². The van der Waals surface area contributed by atoms with Gasteiger partial charge in [0, 0.05) is 15.7 Å². The first kappa shape index (κ1) is 16.5. The monoisotopic (exact) mass is 384 g/mol. The number of hydrogen-bond acceptors (Lipinski definition) is 2. The maximum atomic E-state index is 12.7. The molecule has 1 aliphatic heterocycles. The molecule has 0 radical (unpaired) electrons. The summed E-state index contributed by atoms with van der Waals surface area (Å²) in [5.74, 6) is -0.0543. The minimum Gasteiger partial charge on any atom is -0.326 e. The van der Waals surface area contributed by atoms with Gasteiger partial charge in [0.25, 0.3) is 0 Å². The molecule has 0 unspecified atom stereocenters. The van der Waals surface area contributed by atoms with Crippen LogP contribution in [0.25, 0.3) is 0 Å². The average Bonchev–Trinajstić information content (AvgIpc) is 2.55. The fourth-order valence-corrected chi connectivity index (χ4v) is 3.26. The van der Waals surface area contributed by atoms with Crippen molar-refractivity contribution in [1.29, 1.82) is 0 Å². The quantitative estimate of drug-likeness (QED) is 0.841. The Hall–Kier alpha value is -2.40. The van der Waals surface area contributed by atoms with Crippen molar-refractivity contribution < 1.29 is 9.59 Å². The van der Waals surface area contributed by atoms with Crippen LogP contribution in [0.15, 0.2) is 70.3 Å². The molecule has 24 heavy (non-hydrogen) atoms. The van der Waals surface area contributed by atoms with Crippen molar-refractivity contribution in [1.82, 2.24) is 5.32 Å².